The predicted octanol–water partition coefficient (Wildman–Crippen LogP) is 2.57. The number of alkyl halides is 3. The summed E-state index contributed by atoms with van der Waals surface area (Å²) >= 11 is 0. The van der Waals surface area contributed by atoms with Gasteiger partial charge < -0.3 is 5.32 Å². The second-order valence-corrected chi connectivity index (χ2v) is 4.83. The molecule has 1 rings (SSSR count). The molecule has 1 aliphatic rings. The maximum atomic E-state index is 12.6. The van der Waals surface area contributed by atoms with Crippen LogP contribution in [-0.2, 0) is 0 Å². The quantitative estimate of drug-likeness (QED) is 0.714. The van der Waals surface area contributed by atoms with E-state index >= 15 is 0 Å². The fraction of sp³-hybridized carbons (Fsp3) is 1.00. The normalized spacial score (nSPS) is 25.4. The summed E-state index contributed by atoms with van der Waals surface area (Å²) in [4.78, 5) is 0. The van der Waals surface area contributed by atoms with E-state index in [9.17, 15) is 13.2 Å². The zero-order chi connectivity index (χ0) is 10.3. The Bertz CT molecular complexity index is 188. The molecule has 1 saturated carbocycles. The van der Waals surface area contributed by atoms with Crippen LogP contribution in [0.25, 0.3) is 0 Å². The van der Waals surface area contributed by atoms with Crippen molar-refractivity contribution in [3.63, 3.8) is 0 Å². The van der Waals surface area contributed by atoms with Gasteiger partial charge in [0.1, 0.15) is 0 Å². The minimum atomic E-state index is -4.06. The van der Waals surface area contributed by atoms with Crippen LogP contribution >= 0.6 is 0 Å². The van der Waals surface area contributed by atoms with Gasteiger partial charge in [-0.2, -0.15) is 13.2 Å². The third-order valence-corrected chi connectivity index (χ3v) is 2.75. The van der Waals surface area contributed by atoms with E-state index in [1.165, 1.54) is 0 Å². The molecule has 0 aliphatic heterocycles. The lowest BCUT2D eigenvalue weighted by Crippen LogP contribution is -2.57. The first-order valence-corrected chi connectivity index (χ1v) is 4.44. The van der Waals surface area contributed by atoms with Crippen LogP contribution in [0.1, 0.15) is 26.7 Å². The van der Waals surface area contributed by atoms with Gasteiger partial charge in [0.2, 0.25) is 0 Å². The highest BCUT2D eigenvalue weighted by atomic mass is 19.4. The van der Waals surface area contributed by atoms with Gasteiger partial charge in [-0.1, -0.05) is 13.8 Å². The van der Waals surface area contributed by atoms with Crippen LogP contribution in [0.4, 0.5) is 13.2 Å². The highest BCUT2D eigenvalue weighted by Crippen LogP contribution is 2.61. The number of hydrogen-bond acceptors (Lipinski definition) is 1. The van der Waals surface area contributed by atoms with Crippen LogP contribution in [0.2, 0.25) is 0 Å². The minimum absolute atomic E-state index is 0.0416. The van der Waals surface area contributed by atoms with Crippen molar-refractivity contribution < 1.29 is 13.2 Å². The average Bonchev–Trinajstić information content (AvgIpc) is 1.80. The van der Waals surface area contributed by atoms with Gasteiger partial charge in [-0.05, 0) is 25.3 Å². The molecule has 0 spiro atoms. The summed E-state index contributed by atoms with van der Waals surface area (Å²) < 4.78 is 37.9. The van der Waals surface area contributed by atoms with Crippen molar-refractivity contribution in [3.8, 4) is 0 Å². The van der Waals surface area contributed by atoms with Crippen molar-refractivity contribution in [2.45, 2.75) is 32.9 Å². The molecule has 4 heteroatoms. The van der Waals surface area contributed by atoms with Crippen molar-refractivity contribution >= 4 is 0 Å². The lowest BCUT2D eigenvalue weighted by molar-refractivity contribution is -0.275. The fourth-order valence-electron chi connectivity index (χ4n) is 2.54. The van der Waals surface area contributed by atoms with Crippen LogP contribution in [0.3, 0.4) is 0 Å². The highest BCUT2D eigenvalue weighted by molar-refractivity contribution is 5.04. The second-order valence-electron chi connectivity index (χ2n) is 4.83. The lowest BCUT2D eigenvalue weighted by Gasteiger charge is -2.53. The summed E-state index contributed by atoms with van der Waals surface area (Å²) in [5, 5.41) is 2.63. The Balaban J connectivity index is 2.71. The third kappa shape index (κ3) is 1.82. The zero-order valence-corrected chi connectivity index (χ0v) is 8.26. The van der Waals surface area contributed by atoms with Gasteiger partial charge >= 0.3 is 6.18 Å². The van der Waals surface area contributed by atoms with Gasteiger partial charge in [0, 0.05) is 6.54 Å². The predicted molar refractivity (Wildman–Crippen MR) is 45.4 cm³/mol. The molecule has 0 aromatic carbocycles. The molecular formula is C9H16F3N. The molecule has 0 aromatic heterocycles. The Morgan fingerprint density at radius 1 is 1.23 bits per heavy atom. The molecule has 0 heterocycles. The van der Waals surface area contributed by atoms with E-state index in [1.54, 1.807) is 7.05 Å². The molecule has 0 atom stereocenters. The van der Waals surface area contributed by atoms with Crippen molar-refractivity contribution in [1.82, 2.24) is 5.32 Å². The van der Waals surface area contributed by atoms with Crippen molar-refractivity contribution in [3.05, 3.63) is 0 Å². The molecule has 13 heavy (non-hydrogen) atoms. The van der Waals surface area contributed by atoms with Crippen LogP contribution in [0, 0.1) is 10.8 Å². The SMILES string of the molecule is CNCC1(C(F)(F)F)CC(C)(C)C1. The van der Waals surface area contributed by atoms with Gasteiger partial charge in [0.15, 0.2) is 0 Å². The van der Waals surface area contributed by atoms with Crippen molar-refractivity contribution in [2.24, 2.45) is 10.8 Å². The standard InChI is InChI=1S/C9H16F3N/c1-7(2)4-8(5-7,6-13-3)9(10,11)12/h13H,4-6H2,1-3H3. The Morgan fingerprint density at radius 2 is 1.69 bits per heavy atom. The van der Waals surface area contributed by atoms with E-state index in [0.29, 0.717) is 0 Å². The van der Waals surface area contributed by atoms with Crippen LogP contribution in [0.5, 0.6) is 0 Å². The average molecular weight is 195 g/mol. The van der Waals surface area contributed by atoms with Crippen LogP contribution < -0.4 is 5.32 Å². The molecule has 0 radical (unpaired) electrons. The number of nitrogens with one attached hydrogen (secondary N) is 1. The summed E-state index contributed by atoms with van der Waals surface area (Å²) in [6.07, 6.45) is -3.58. The van der Waals surface area contributed by atoms with E-state index < -0.39 is 11.6 Å². The first kappa shape index (κ1) is 10.8. The van der Waals surface area contributed by atoms with E-state index in [4.69, 9.17) is 0 Å². The third-order valence-electron chi connectivity index (χ3n) is 2.75. The van der Waals surface area contributed by atoms with E-state index in [2.05, 4.69) is 5.32 Å². The second kappa shape index (κ2) is 2.87. The molecule has 0 saturated heterocycles. The van der Waals surface area contributed by atoms with Gasteiger partial charge in [0.05, 0.1) is 5.41 Å². The van der Waals surface area contributed by atoms with E-state index in [0.717, 1.165) is 0 Å². The Kier molecular flexibility index (Phi) is 2.39. The Hall–Kier alpha value is -0.250. The Morgan fingerprint density at radius 3 is 1.92 bits per heavy atom. The summed E-state index contributed by atoms with van der Waals surface area (Å²) in [5.74, 6) is 0. The molecule has 1 aliphatic carbocycles. The van der Waals surface area contributed by atoms with Crippen LogP contribution in [0.15, 0.2) is 0 Å². The monoisotopic (exact) mass is 195 g/mol. The highest BCUT2D eigenvalue weighted by Gasteiger charge is 2.63. The maximum Gasteiger partial charge on any atom is 0.395 e. The first-order valence-electron chi connectivity index (χ1n) is 4.44. The van der Waals surface area contributed by atoms with Crippen molar-refractivity contribution in [1.29, 1.82) is 0 Å². The molecule has 78 valence electrons. The minimum Gasteiger partial charge on any atom is -0.319 e. The van der Waals surface area contributed by atoms with Gasteiger partial charge in [-0.25, -0.2) is 0 Å². The largest absolute Gasteiger partial charge is 0.395 e. The van der Waals surface area contributed by atoms with Gasteiger partial charge in [0.25, 0.3) is 0 Å². The molecular weight excluding hydrogens is 179 g/mol. The molecule has 1 nitrogen and oxygen atoms in total. The number of halogens is 3. The maximum absolute atomic E-state index is 12.6. The Labute approximate surface area is 76.7 Å². The topological polar surface area (TPSA) is 12.0 Å². The number of rotatable bonds is 2. The molecule has 1 N–H and O–H groups in total. The van der Waals surface area contributed by atoms with Crippen molar-refractivity contribution in [2.75, 3.05) is 13.6 Å². The molecule has 0 unspecified atom stereocenters. The van der Waals surface area contributed by atoms with E-state index in [-0.39, 0.29) is 24.8 Å². The number of hydrogen-bond donors (Lipinski definition) is 1. The first-order chi connectivity index (χ1) is 5.72. The van der Waals surface area contributed by atoms with Gasteiger partial charge in [-0.3, -0.25) is 0 Å². The molecule has 0 bridgehead atoms. The molecule has 0 aromatic rings. The van der Waals surface area contributed by atoms with Crippen LogP contribution in [-0.4, -0.2) is 19.8 Å². The summed E-state index contributed by atoms with van der Waals surface area (Å²) in [6, 6.07) is 0. The molecule has 1 fully saturated rings. The lowest BCUT2D eigenvalue weighted by atomic mass is 9.54. The zero-order valence-electron chi connectivity index (χ0n) is 8.26. The fourth-order valence-corrected chi connectivity index (χ4v) is 2.54. The smallest absolute Gasteiger partial charge is 0.319 e. The van der Waals surface area contributed by atoms with E-state index in [1.807, 2.05) is 13.8 Å². The summed E-state index contributed by atoms with van der Waals surface area (Å²) in [5.41, 5.74) is -1.61. The van der Waals surface area contributed by atoms with Gasteiger partial charge in [-0.15, -0.1) is 0 Å². The summed E-state index contributed by atoms with van der Waals surface area (Å²) in [6.45, 7) is 3.80. The molecule has 0 amide bonds. The summed E-state index contributed by atoms with van der Waals surface area (Å²) in [7, 11) is 1.57.